The van der Waals surface area contributed by atoms with Crippen molar-refractivity contribution in [2.45, 2.75) is 232 Å². The number of halogens is 8. The Labute approximate surface area is 503 Å². The second-order valence-electron chi connectivity index (χ2n) is 24.0. The van der Waals surface area contributed by atoms with Gasteiger partial charge in [0.1, 0.15) is 24.1 Å². The van der Waals surface area contributed by atoms with Crippen LogP contribution >= 0.6 is 11.8 Å². The number of carbonyl (C=O) groups is 4. The van der Waals surface area contributed by atoms with Crippen LogP contribution in [0.1, 0.15) is 147 Å². The molecule has 4 heterocycles. The number of fused-ring (bicyclic) bond motifs is 6. The molecule has 2 saturated carbocycles. The van der Waals surface area contributed by atoms with Gasteiger partial charge in [-0.1, -0.05) is 18.2 Å². The summed E-state index contributed by atoms with van der Waals surface area (Å²) in [6.07, 6.45) is 3.88. The molecule has 7 rings (SSSR count). The highest BCUT2D eigenvalue weighted by atomic mass is 32.2. The summed E-state index contributed by atoms with van der Waals surface area (Å²) >= 11 is 1.55. The molecule has 4 saturated heterocycles. The third-order valence-corrected chi connectivity index (χ3v) is 15.6. The number of thioether (sulfide) groups is 1. The lowest BCUT2D eigenvalue weighted by Crippen LogP contribution is -2.42. The van der Waals surface area contributed by atoms with E-state index < -0.39 is 132 Å². The Morgan fingerprint density at radius 2 is 0.828 bits per heavy atom. The Hall–Kier alpha value is -3.67. The number of hydrogen-bond acceptors (Lipinski definition) is 26. The molecule has 25 nitrogen and oxygen atoms in total. The van der Waals surface area contributed by atoms with E-state index in [1.54, 1.807) is 94.8 Å². The van der Waals surface area contributed by atoms with Gasteiger partial charge in [-0.05, 0) is 165 Å². The largest absolute Gasteiger partial charge is 0.743 e. The number of hydrogen-bond donors (Lipinski definition) is 4. The molecule has 87 heavy (non-hydrogen) atoms. The van der Waals surface area contributed by atoms with Gasteiger partial charge in [0, 0.05) is 16.9 Å². The van der Waals surface area contributed by atoms with E-state index in [0.29, 0.717) is 25.2 Å². The summed E-state index contributed by atoms with van der Waals surface area (Å²) in [5, 5.41) is 14.2. The first kappa shape index (κ1) is 83.3. The van der Waals surface area contributed by atoms with E-state index in [1.165, 1.54) is 18.2 Å². The first-order valence-corrected chi connectivity index (χ1v) is 32.4. The number of benzene rings is 1. The highest BCUT2D eigenvalue weighted by Crippen LogP contribution is 2.48. The average molecular weight is 1380 g/mol. The predicted molar refractivity (Wildman–Crippen MR) is 285 cm³/mol. The lowest BCUT2D eigenvalue weighted by Gasteiger charge is -2.25. The van der Waals surface area contributed by atoms with Crippen LogP contribution in [0.5, 0.6) is 5.75 Å². The van der Waals surface area contributed by atoms with Crippen molar-refractivity contribution in [1.29, 1.82) is 0 Å². The van der Waals surface area contributed by atoms with Gasteiger partial charge in [0.25, 0.3) is 0 Å². The molecule has 9 atom stereocenters. The minimum absolute atomic E-state index is 0.0223. The number of rotatable bonds is 12. The van der Waals surface area contributed by atoms with Crippen LogP contribution in [0, 0.1) is 11.8 Å². The molecule has 0 spiro atoms. The Morgan fingerprint density at radius 1 is 0.471 bits per heavy atom. The van der Waals surface area contributed by atoms with Crippen molar-refractivity contribution in [3.8, 4) is 5.75 Å². The maximum absolute atomic E-state index is 12.8. The zero-order valence-electron chi connectivity index (χ0n) is 49.1. The predicted octanol–water partition coefficient (Wildman–Crippen LogP) is 5.39. The maximum Gasteiger partial charge on any atom is 0.429 e. The maximum atomic E-state index is 12.8. The Kier molecular flexibility index (Phi) is 30.2. The fourth-order valence-electron chi connectivity index (χ4n) is 7.44. The number of ether oxygens (including phenoxy) is 5. The standard InChI is InChI=1S/C9H12F2O5S.C8H10F2O6S.C8H10F2O5S2.C8H6F2O5S.4C4H10O/c10-9(11,17(13,14)15)8(12)16-7-4-5-1-2-6(7)3-5;9-8(10,17(12,13)14)7(11)16-6-3-4-1-2-5(6)15-4;9-8(10,17(12,13)14)7(11)15-5-3-4-1-2-6(5)16-4;9-8(10,16(12,13)14)7(11)15-6-4-2-1-3-5-6;4*1-4(2,3)5/h5-7H,1-4H2,(H,13,14,15);2*4-6H,1-3H2,(H,12,13,14);1-5H,(H,12,13,14);4*5H,1-3H3/p-4. The zero-order chi connectivity index (χ0) is 68.9. The first-order valence-electron chi connectivity index (χ1n) is 25.8. The van der Waals surface area contributed by atoms with E-state index in [0.717, 1.165) is 50.7 Å². The van der Waals surface area contributed by atoms with Gasteiger partial charge in [-0.3, -0.25) is 0 Å². The van der Waals surface area contributed by atoms with Crippen molar-refractivity contribution in [3.63, 3.8) is 0 Å². The third-order valence-electron chi connectivity index (χ3n) is 10.7. The summed E-state index contributed by atoms with van der Waals surface area (Å²) in [4.78, 5) is 43.6. The van der Waals surface area contributed by atoms with Gasteiger partial charge in [0.2, 0.25) is 0 Å². The summed E-state index contributed by atoms with van der Waals surface area (Å²) < 4.78 is 247. The summed E-state index contributed by atoms with van der Waals surface area (Å²) in [6.45, 7) is 20.9. The highest BCUT2D eigenvalue weighted by molar-refractivity contribution is 8.01. The van der Waals surface area contributed by atoms with Crippen LogP contribution in [0.4, 0.5) is 35.1 Å². The van der Waals surface area contributed by atoms with Gasteiger partial charge in [0.15, 0.2) is 40.5 Å². The third kappa shape index (κ3) is 30.8. The van der Waals surface area contributed by atoms with Crippen LogP contribution in [-0.4, -0.2) is 181 Å². The summed E-state index contributed by atoms with van der Waals surface area (Å²) in [5.41, 5.74) is -2.00. The molecule has 6 bridgehead atoms. The quantitative estimate of drug-likeness (QED) is 0.0670. The molecule has 6 aliphatic rings. The Bertz CT molecular complexity index is 2610. The number of carbonyl (C=O) groups excluding carboxylic acids is 4. The molecule has 0 amide bonds. The van der Waals surface area contributed by atoms with E-state index in [9.17, 15) is 106 Å². The van der Waals surface area contributed by atoms with Crippen molar-refractivity contribution in [2.75, 3.05) is 0 Å². The SMILES string of the molecule is CC(C)(C)O.CC(C)(C)O.CC(C)(C)O.CC(C)(C)O.O=C(OC1CC2CCC1C2)C(F)(F)S(=O)(=O)[O-].O=C(OC1CC2CCC1O2)C(F)(F)S(=O)(=O)[O-].O=C(OC1CC2CCC1S2)C(F)(F)S(=O)(=O)[O-].O=C(Oc1ccccc1)C(F)(F)S(=O)(=O)[O-]. The molecule has 6 fully saturated rings. The zero-order valence-corrected chi connectivity index (χ0v) is 53.2. The van der Waals surface area contributed by atoms with E-state index >= 15 is 0 Å². The molecule has 0 radical (unpaired) electrons. The summed E-state index contributed by atoms with van der Waals surface area (Å²) in [7, 11) is -24.2. The molecular weight excluding hydrogens is 1300 g/mol. The Morgan fingerprint density at radius 3 is 1.10 bits per heavy atom. The molecule has 9 unspecified atom stereocenters. The van der Waals surface area contributed by atoms with Crippen LogP contribution in [-0.2, 0) is 78.6 Å². The van der Waals surface area contributed by atoms with Crippen molar-refractivity contribution >= 4 is 76.1 Å². The smallest absolute Gasteiger partial charge is 0.429 e. The molecule has 0 aromatic heterocycles. The van der Waals surface area contributed by atoms with Crippen LogP contribution in [0.15, 0.2) is 30.3 Å². The van der Waals surface area contributed by atoms with E-state index in [2.05, 4.69) is 18.9 Å². The van der Waals surface area contributed by atoms with Crippen molar-refractivity contribution in [1.82, 2.24) is 0 Å². The van der Waals surface area contributed by atoms with E-state index in [-0.39, 0.29) is 34.7 Å². The number of aliphatic hydroxyl groups is 4. The minimum atomic E-state index is -6.08. The second-order valence-corrected chi connectivity index (χ2v) is 31.2. The fraction of sp³-hybridized carbons (Fsp3) is 0.796. The molecule has 1 aromatic carbocycles. The number of para-hydroxylation sites is 1. The lowest BCUT2D eigenvalue weighted by molar-refractivity contribution is -0.170. The second kappa shape index (κ2) is 31.6. The van der Waals surface area contributed by atoms with Gasteiger partial charge in [0.05, 0.1) is 34.6 Å². The van der Waals surface area contributed by atoms with Crippen LogP contribution < -0.4 is 4.74 Å². The van der Waals surface area contributed by atoms with Crippen LogP contribution in [0.2, 0.25) is 0 Å². The minimum Gasteiger partial charge on any atom is -0.743 e. The molecule has 1 aromatic rings. The molecule has 510 valence electrons. The summed E-state index contributed by atoms with van der Waals surface area (Å²) in [5.74, 6) is -9.15. The number of esters is 4. The van der Waals surface area contributed by atoms with Gasteiger partial charge in [-0.25, -0.2) is 52.8 Å². The average Bonchev–Trinajstić information content (AvgIpc) is 2.06. The van der Waals surface area contributed by atoms with Crippen LogP contribution in [0.3, 0.4) is 0 Å². The molecular formula is C49H74F8O25S5-4. The monoisotopic (exact) mass is 1370 g/mol. The molecule has 4 aliphatic heterocycles. The van der Waals surface area contributed by atoms with Gasteiger partial charge < -0.3 is 62.3 Å². The normalized spacial score (nSPS) is 24.2. The molecule has 38 heteroatoms. The highest BCUT2D eigenvalue weighted by Gasteiger charge is 2.55. The van der Waals surface area contributed by atoms with Crippen molar-refractivity contribution in [2.24, 2.45) is 11.8 Å². The van der Waals surface area contributed by atoms with E-state index in [1.807, 2.05) is 0 Å². The van der Waals surface area contributed by atoms with Gasteiger partial charge in [-0.15, -0.1) is 0 Å². The van der Waals surface area contributed by atoms with Crippen LogP contribution in [0.25, 0.3) is 0 Å². The van der Waals surface area contributed by atoms with Gasteiger partial charge in [-0.2, -0.15) is 46.9 Å². The Balaban J connectivity index is 0.00000103. The van der Waals surface area contributed by atoms with Crippen molar-refractivity contribution < 1.29 is 150 Å². The first-order chi connectivity index (χ1) is 38.4. The molecule has 2 aliphatic carbocycles. The lowest BCUT2D eigenvalue weighted by atomic mass is 9.98. The van der Waals surface area contributed by atoms with E-state index in [4.69, 9.17) is 25.2 Å². The molecule has 4 N–H and O–H groups in total. The summed E-state index contributed by atoms with van der Waals surface area (Å²) in [6, 6.07) is 6.61. The van der Waals surface area contributed by atoms with Gasteiger partial charge >= 0.3 is 44.9 Å². The number of alkyl halides is 8. The van der Waals surface area contributed by atoms with Crippen molar-refractivity contribution in [3.05, 3.63) is 30.3 Å². The fourth-order valence-corrected chi connectivity index (χ4v) is 10.1. The topological polar surface area (TPSA) is 424 Å².